The van der Waals surface area contributed by atoms with Gasteiger partial charge in [0.05, 0.1) is 12.4 Å². The summed E-state index contributed by atoms with van der Waals surface area (Å²) in [6.07, 6.45) is 2.37. The second-order valence-electron chi connectivity index (χ2n) is 2.78. The molecule has 0 aromatic carbocycles. The molecular weight excluding hydrogens is 204 g/mol. The van der Waals surface area contributed by atoms with E-state index in [0.717, 1.165) is 17.9 Å². The smallest absolute Gasteiger partial charge is 0.331 e. The molecule has 0 amide bonds. The lowest BCUT2D eigenvalue weighted by molar-refractivity contribution is -0.137. The zero-order chi connectivity index (χ0) is 11.0. The Morgan fingerprint density at radius 3 is 2.50 bits per heavy atom. The fraction of sp³-hybridized carbons (Fsp3) is 0.667. The fourth-order valence-electron chi connectivity index (χ4n) is 0.763. The van der Waals surface area contributed by atoms with Crippen LogP contribution in [-0.4, -0.2) is 26.7 Å². The average Bonchev–Trinajstić information content (AvgIpc) is 2.13. The van der Waals surface area contributed by atoms with Crippen molar-refractivity contribution in [2.75, 3.05) is 12.4 Å². The summed E-state index contributed by atoms with van der Waals surface area (Å²) >= 11 is 0. The molecule has 0 aliphatic rings. The molecule has 0 aliphatic heterocycles. The number of unbranched alkanes of at least 4 members (excludes halogenated alkanes) is 1. The highest BCUT2D eigenvalue weighted by atomic mass is 32.2. The van der Waals surface area contributed by atoms with Gasteiger partial charge in [-0.3, -0.25) is 0 Å². The molecule has 4 nitrogen and oxygen atoms in total. The molecule has 0 rings (SSSR count). The average molecular weight is 220 g/mol. The van der Waals surface area contributed by atoms with Crippen molar-refractivity contribution in [3.8, 4) is 0 Å². The Hall–Kier alpha value is -0.840. The Balaban J connectivity index is 4.14. The van der Waals surface area contributed by atoms with E-state index in [1.54, 1.807) is 6.92 Å². The van der Waals surface area contributed by atoms with E-state index in [4.69, 9.17) is 0 Å². The van der Waals surface area contributed by atoms with E-state index in [9.17, 15) is 13.2 Å². The first-order valence-corrected chi connectivity index (χ1v) is 6.31. The number of rotatable bonds is 6. The lowest BCUT2D eigenvalue weighted by Gasteiger charge is -1.97. The van der Waals surface area contributed by atoms with Gasteiger partial charge in [-0.1, -0.05) is 13.3 Å². The van der Waals surface area contributed by atoms with Gasteiger partial charge in [-0.05, 0) is 13.3 Å². The zero-order valence-corrected chi connectivity index (χ0v) is 9.34. The van der Waals surface area contributed by atoms with Crippen LogP contribution in [0.1, 0.15) is 26.7 Å². The number of sulfone groups is 1. The van der Waals surface area contributed by atoms with E-state index >= 15 is 0 Å². The second-order valence-corrected chi connectivity index (χ2v) is 4.78. The van der Waals surface area contributed by atoms with Crippen molar-refractivity contribution in [3.63, 3.8) is 0 Å². The van der Waals surface area contributed by atoms with Crippen LogP contribution in [-0.2, 0) is 19.4 Å². The van der Waals surface area contributed by atoms with E-state index in [1.807, 2.05) is 6.92 Å². The molecule has 0 aromatic rings. The van der Waals surface area contributed by atoms with E-state index in [2.05, 4.69) is 4.74 Å². The third-order valence-corrected chi connectivity index (χ3v) is 2.89. The molecule has 0 aliphatic carbocycles. The van der Waals surface area contributed by atoms with Gasteiger partial charge in [-0.2, -0.15) is 0 Å². The summed E-state index contributed by atoms with van der Waals surface area (Å²) in [5.74, 6) is -0.535. The number of carbonyl (C=O) groups is 1. The zero-order valence-electron chi connectivity index (χ0n) is 8.52. The van der Waals surface area contributed by atoms with Crippen molar-refractivity contribution in [3.05, 3.63) is 11.5 Å². The molecule has 0 fully saturated rings. The monoisotopic (exact) mass is 220 g/mol. The minimum Gasteiger partial charge on any atom is -0.463 e. The van der Waals surface area contributed by atoms with Crippen molar-refractivity contribution in [2.24, 2.45) is 0 Å². The summed E-state index contributed by atoms with van der Waals surface area (Å²) < 4.78 is 27.0. The molecule has 0 unspecified atom stereocenters. The molecule has 0 atom stereocenters. The topological polar surface area (TPSA) is 60.4 Å². The fourth-order valence-corrected chi connectivity index (χ4v) is 1.91. The van der Waals surface area contributed by atoms with Crippen molar-refractivity contribution in [1.82, 2.24) is 0 Å². The maximum atomic E-state index is 11.2. The largest absolute Gasteiger partial charge is 0.463 e. The van der Waals surface area contributed by atoms with Crippen LogP contribution in [0.4, 0.5) is 0 Å². The normalized spacial score (nSPS) is 11.9. The Labute approximate surface area is 84.9 Å². The van der Waals surface area contributed by atoms with Gasteiger partial charge in [0.1, 0.15) is 0 Å². The molecule has 0 aromatic heterocycles. The molecule has 0 radical (unpaired) electrons. The predicted molar refractivity (Wildman–Crippen MR) is 54.5 cm³/mol. The summed E-state index contributed by atoms with van der Waals surface area (Å²) in [6.45, 7) is 3.82. The van der Waals surface area contributed by atoms with Crippen LogP contribution in [0.5, 0.6) is 0 Å². The van der Waals surface area contributed by atoms with Gasteiger partial charge in [-0.15, -0.1) is 0 Å². The summed E-state index contributed by atoms with van der Waals surface area (Å²) in [5, 5.41) is 0.917. The van der Waals surface area contributed by atoms with E-state index in [-0.39, 0.29) is 12.4 Å². The third-order valence-electron chi connectivity index (χ3n) is 1.48. The van der Waals surface area contributed by atoms with Gasteiger partial charge < -0.3 is 4.74 Å². The molecule has 0 saturated heterocycles. The highest BCUT2D eigenvalue weighted by Gasteiger charge is 2.05. The first-order valence-electron chi connectivity index (χ1n) is 4.59. The van der Waals surface area contributed by atoms with E-state index in [1.165, 1.54) is 0 Å². The molecular formula is C9H16O4S. The summed E-state index contributed by atoms with van der Waals surface area (Å²) in [5.41, 5.74) is 0. The SMILES string of the molecule is CCCCS(=O)(=O)C=CC(=O)OCC. The second kappa shape index (κ2) is 6.59. The number of ether oxygens (including phenoxy) is 1. The molecule has 0 bridgehead atoms. The summed E-state index contributed by atoms with van der Waals surface area (Å²) in [6, 6.07) is 0. The van der Waals surface area contributed by atoms with Crippen LogP contribution in [0.15, 0.2) is 11.5 Å². The highest BCUT2D eigenvalue weighted by molar-refractivity contribution is 7.94. The van der Waals surface area contributed by atoms with Crippen molar-refractivity contribution < 1.29 is 17.9 Å². The van der Waals surface area contributed by atoms with Crippen molar-refractivity contribution in [1.29, 1.82) is 0 Å². The number of hydrogen-bond acceptors (Lipinski definition) is 4. The molecule has 0 N–H and O–H groups in total. The van der Waals surface area contributed by atoms with Crippen molar-refractivity contribution in [2.45, 2.75) is 26.7 Å². The van der Waals surface area contributed by atoms with Crippen LogP contribution < -0.4 is 0 Å². The minimum absolute atomic E-state index is 0.0827. The summed E-state index contributed by atoms with van der Waals surface area (Å²) in [4.78, 5) is 10.8. The minimum atomic E-state index is -3.24. The van der Waals surface area contributed by atoms with E-state index < -0.39 is 15.8 Å². The van der Waals surface area contributed by atoms with Crippen LogP contribution in [0.3, 0.4) is 0 Å². The standard InChI is InChI=1S/C9H16O4S/c1-3-5-7-14(11,12)8-6-9(10)13-4-2/h6,8H,3-5,7H2,1-2H3. The van der Waals surface area contributed by atoms with Crippen LogP contribution in [0, 0.1) is 0 Å². The molecule has 14 heavy (non-hydrogen) atoms. The van der Waals surface area contributed by atoms with Gasteiger partial charge in [0.25, 0.3) is 0 Å². The van der Waals surface area contributed by atoms with Gasteiger partial charge in [0.15, 0.2) is 9.84 Å². The summed E-state index contributed by atoms with van der Waals surface area (Å²) in [7, 11) is -3.24. The maximum Gasteiger partial charge on any atom is 0.331 e. The van der Waals surface area contributed by atoms with Crippen LogP contribution >= 0.6 is 0 Å². The molecule has 82 valence electrons. The Bertz CT molecular complexity index is 290. The lowest BCUT2D eigenvalue weighted by Crippen LogP contribution is -2.04. The first-order chi connectivity index (χ1) is 6.52. The van der Waals surface area contributed by atoms with Crippen LogP contribution in [0.2, 0.25) is 0 Å². The Morgan fingerprint density at radius 2 is 2.00 bits per heavy atom. The third kappa shape index (κ3) is 6.65. The predicted octanol–water partition coefficient (Wildman–Crippen LogP) is 1.28. The molecule has 0 heterocycles. The van der Waals surface area contributed by atoms with Crippen LogP contribution in [0.25, 0.3) is 0 Å². The maximum absolute atomic E-state index is 11.2. The van der Waals surface area contributed by atoms with Crippen molar-refractivity contribution >= 4 is 15.8 Å². The molecule has 0 saturated carbocycles. The molecule has 5 heteroatoms. The van der Waals surface area contributed by atoms with Gasteiger partial charge in [-0.25, -0.2) is 13.2 Å². The quantitative estimate of drug-likeness (QED) is 0.499. The number of carbonyl (C=O) groups excluding carboxylic acids is 1. The number of esters is 1. The highest BCUT2D eigenvalue weighted by Crippen LogP contribution is 1.98. The van der Waals surface area contributed by atoms with E-state index in [0.29, 0.717) is 6.42 Å². The van der Waals surface area contributed by atoms with Gasteiger partial charge in [0, 0.05) is 11.5 Å². The Kier molecular flexibility index (Phi) is 6.19. The lowest BCUT2D eigenvalue weighted by atomic mass is 10.4. The Morgan fingerprint density at radius 1 is 1.36 bits per heavy atom. The first kappa shape index (κ1) is 13.2. The van der Waals surface area contributed by atoms with Gasteiger partial charge >= 0.3 is 5.97 Å². The van der Waals surface area contributed by atoms with Gasteiger partial charge in [0.2, 0.25) is 0 Å². The number of hydrogen-bond donors (Lipinski definition) is 0. The molecule has 0 spiro atoms.